The number of alkyl halides is 3. The van der Waals surface area contributed by atoms with Crippen molar-refractivity contribution in [2.24, 2.45) is 0 Å². The molecule has 0 bridgehead atoms. The number of halogens is 4. The smallest absolute Gasteiger partial charge is 0.434 e. The van der Waals surface area contributed by atoms with Crippen LogP contribution in [0.25, 0.3) is 0 Å². The maximum atomic E-state index is 12.6. The molecule has 0 saturated carbocycles. The normalized spacial score (nSPS) is 11.4. The number of ether oxygens (including phenoxy) is 1. The van der Waals surface area contributed by atoms with E-state index in [9.17, 15) is 18.0 Å². The Balaban J connectivity index is 1.78. The molecule has 0 unspecified atom stereocenters. The van der Waals surface area contributed by atoms with Gasteiger partial charge >= 0.3 is 6.18 Å². The van der Waals surface area contributed by atoms with Crippen LogP contribution in [0.3, 0.4) is 0 Å². The van der Waals surface area contributed by atoms with E-state index >= 15 is 0 Å². The fraction of sp³-hybridized carbons (Fsp3) is 0.125. The van der Waals surface area contributed by atoms with Gasteiger partial charge in [-0.1, -0.05) is 11.6 Å². The van der Waals surface area contributed by atoms with E-state index in [2.05, 4.69) is 15.0 Å². The molecule has 3 aromatic rings. The Hall–Kier alpha value is -2.52. The van der Waals surface area contributed by atoms with Crippen LogP contribution >= 0.6 is 22.9 Å². The third kappa shape index (κ3) is 4.55. The predicted octanol–water partition coefficient (Wildman–Crippen LogP) is 4.82. The van der Waals surface area contributed by atoms with Crippen molar-refractivity contribution in [3.05, 3.63) is 63.6 Å². The molecule has 2 heterocycles. The second-order valence-electron chi connectivity index (χ2n) is 5.08. The monoisotopic (exact) mass is 399 g/mol. The minimum Gasteiger partial charge on any atom is -0.454 e. The topological polar surface area (TPSA) is 65.0 Å². The Morgan fingerprint density at radius 3 is 2.54 bits per heavy atom. The largest absolute Gasteiger partial charge is 0.454 e. The summed E-state index contributed by atoms with van der Waals surface area (Å²) >= 11 is 6.78. The van der Waals surface area contributed by atoms with E-state index in [4.69, 9.17) is 16.3 Å². The van der Waals surface area contributed by atoms with Gasteiger partial charge in [-0.3, -0.25) is 4.79 Å². The number of benzene rings is 1. The molecule has 0 N–H and O–H groups in total. The lowest BCUT2D eigenvalue weighted by Crippen LogP contribution is -2.07. The highest BCUT2D eigenvalue weighted by Crippen LogP contribution is 2.31. The number of thiazole rings is 1. The number of Topliss-reactive ketones (excluding diaryl/α,β-unsaturated/α-hetero) is 1. The zero-order valence-corrected chi connectivity index (χ0v) is 14.4. The molecule has 134 valence electrons. The molecule has 0 saturated heterocycles. The second-order valence-corrected chi connectivity index (χ2v) is 6.46. The van der Waals surface area contributed by atoms with E-state index in [-0.39, 0.29) is 27.8 Å². The average molecular weight is 400 g/mol. The van der Waals surface area contributed by atoms with Crippen molar-refractivity contribution in [2.45, 2.75) is 12.6 Å². The van der Waals surface area contributed by atoms with Gasteiger partial charge in [-0.15, -0.1) is 11.3 Å². The van der Waals surface area contributed by atoms with Gasteiger partial charge in [0.05, 0.1) is 18.8 Å². The molecular formula is C16H9ClF3N3O2S. The van der Waals surface area contributed by atoms with Gasteiger partial charge in [-0.25, -0.2) is 15.0 Å². The molecule has 0 spiro atoms. The van der Waals surface area contributed by atoms with Crippen LogP contribution in [-0.2, 0) is 12.6 Å². The minimum atomic E-state index is -4.54. The van der Waals surface area contributed by atoms with E-state index in [1.54, 1.807) is 0 Å². The first kappa shape index (κ1) is 18.3. The molecule has 2 aromatic heterocycles. The molecule has 0 aliphatic heterocycles. The van der Waals surface area contributed by atoms with Crippen LogP contribution in [0.4, 0.5) is 13.2 Å². The molecule has 26 heavy (non-hydrogen) atoms. The third-order valence-corrected chi connectivity index (χ3v) is 4.19. The van der Waals surface area contributed by atoms with Crippen molar-refractivity contribution in [1.29, 1.82) is 0 Å². The van der Waals surface area contributed by atoms with Crippen LogP contribution < -0.4 is 4.74 Å². The summed E-state index contributed by atoms with van der Waals surface area (Å²) < 4.78 is 43.3. The molecule has 5 nitrogen and oxygen atoms in total. The van der Waals surface area contributed by atoms with E-state index in [0.29, 0.717) is 5.75 Å². The summed E-state index contributed by atoms with van der Waals surface area (Å²) in [5.74, 6) is 0.207. The fourth-order valence-electron chi connectivity index (χ4n) is 2.02. The van der Waals surface area contributed by atoms with Crippen LogP contribution in [0.5, 0.6) is 11.5 Å². The number of rotatable bonds is 5. The van der Waals surface area contributed by atoms with Crippen molar-refractivity contribution < 1.29 is 22.7 Å². The highest BCUT2D eigenvalue weighted by molar-refractivity contribution is 7.09. The first-order valence-electron chi connectivity index (χ1n) is 7.09. The summed E-state index contributed by atoms with van der Waals surface area (Å²) in [5, 5.41) is 1.20. The van der Waals surface area contributed by atoms with Gasteiger partial charge in [0.1, 0.15) is 17.1 Å². The van der Waals surface area contributed by atoms with Crippen molar-refractivity contribution in [3.63, 3.8) is 0 Å². The minimum absolute atomic E-state index is 0.0706. The third-order valence-electron chi connectivity index (χ3n) is 3.12. The Morgan fingerprint density at radius 1 is 1.15 bits per heavy atom. The van der Waals surface area contributed by atoms with Gasteiger partial charge in [-0.2, -0.15) is 13.2 Å². The lowest BCUT2D eigenvalue weighted by molar-refractivity contribution is -0.140. The molecule has 0 radical (unpaired) electrons. The molecule has 1 aromatic carbocycles. The Bertz CT molecular complexity index is 932. The molecule has 10 heteroatoms. The lowest BCUT2D eigenvalue weighted by Gasteiger charge is -2.07. The zero-order chi connectivity index (χ0) is 18.7. The van der Waals surface area contributed by atoms with Crippen molar-refractivity contribution in [2.75, 3.05) is 0 Å². The molecular weight excluding hydrogens is 391 g/mol. The first-order valence-corrected chi connectivity index (χ1v) is 8.35. The quantitative estimate of drug-likeness (QED) is 0.575. The van der Waals surface area contributed by atoms with Gasteiger partial charge in [0.25, 0.3) is 0 Å². The van der Waals surface area contributed by atoms with Gasteiger partial charge in [0.2, 0.25) is 0 Å². The number of hydrogen-bond donors (Lipinski definition) is 0. The lowest BCUT2D eigenvalue weighted by atomic mass is 10.1. The Morgan fingerprint density at radius 2 is 1.88 bits per heavy atom. The van der Waals surface area contributed by atoms with Gasteiger partial charge in [0.15, 0.2) is 17.2 Å². The summed E-state index contributed by atoms with van der Waals surface area (Å²) in [6.45, 7) is 0. The molecule has 3 rings (SSSR count). The fourth-order valence-corrected chi connectivity index (χ4v) is 3.04. The van der Waals surface area contributed by atoms with Gasteiger partial charge in [-0.05, 0) is 18.2 Å². The van der Waals surface area contributed by atoms with Crippen molar-refractivity contribution in [3.8, 4) is 11.5 Å². The van der Waals surface area contributed by atoms with Crippen LogP contribution in [0.15, 0.2) is 42.3 Å². The van der Waals surface area contributed by atoms with Crippen LogP contribution in [-0.4, -0.2) is 20.7 Å². The summed E-state index contributed by atoms with van der Waals surface area (Å²) in [6.07, 6.45) is -0.599. The highest BCUT2D eigenvalue weighted by Gasteiger charge is 2.33. The number of carbonyl (C=O) groups is 1. The summed E-state index contributed by atoms with van der Waals surface area (Å²) in [5.41, 5.74) is -0.808. The van der Waals surface area contributed by atoms with Crippen molar-refractivity contribution >= 4 is 28.7 Å². The maximum absolute atomic E-state index is 12.6. The van der Waals surface area contributed by atoms with Crippen LogP contribution in [0.2, 0.25) is 5.02 Å². The number of carbonyl (C=O) groups excluding carboxylic acids is 1. The van der Waals surface area contributed by atoms with Crippen LogP contribution in [0, 0.1) is 0 Å². The predicted molar refractivity (Wildman–Crippen MR) is 88.7 cm³/mol. The Labute approximate surface area is 154 Å². The molecule has 0 amide bonds. The second kappa shape index (κ2) is 7.38. The SMILES string of the molecule is O=C(Cc1nc(C(F)(F)F)cs1)c1cc(Cl)cc(Oc2cncnc2)c1. The summed E-state index contributed by atoms with van der Waals surface area (Å²) in [7, 11) is 0. The molecule has 0 aliphatic carbocycles. The number of aromatic nitrogens is 3. The van der Waals surface area contributed by atoms with Crippen LogP contribution in [0.1, 0.15) is 21.1 Å². The van der Waals surface area contributed by atoms with E-state index in [0.717, 1.165) is 16.7 Å². The van der Waals surface area contributed by atoms with Gasteiger partial charge < -0.3 is 4.74 Å². The van der Waals surface area contributed by atoms with E-state index in [1.165, 1.54) is 36.9 Å². The zero-order valence-electron chi connectivity index (χ0n) is 12.8. The van der Waals surface area contributed by atoms with Crippen molar-refractivity contribution in [1.82, 2.24) is 15.0 Å². The molecule has 0 atom stereocenters. The Kier molecular flexibility index (Phi) is 5.19. The summed E-state index contributed by atoms with van der Waals surface area (Å²) in [6, 6.07) is 4.35. The van der Waals surface area contributed by atoms with E-state index in [1.807, 2.05) is 0 Å². The summed E-state index contributed by atoms with van der Waals surface area (Å²) in [4.78, 5) is 23.4. The molecule has 0 aliphatic rings. The standard InChI is InChI=1S/C16H9ClF3N3O2S/c17-10-1-9(2-11(3-10)25-12-5-21-8-22-6-12)13(24)4-15-23-14(7-26-15)16(18,19)20/h1-3,5-8H,4H2. The number of hydrogen-bond acceptors (Lipinski definition) is 6. The van der Waals surface area contributed by atoms with E-state index < -0.39 is 17.7 Å². The van der Waals surface area contributed by atoms with Gasteiger partial charge in [0, 0.05) is 16.0 Å². The molecule has 0 fully saturated rings. The number of nitrogens with zero attached hydrogens (tertiary/aromatic N) is 3. The highest BCUT2D eigenvalue weighted by atomic mass is 35.5. The number of ketones is 1. The maximum Gasteiger partial charge on any atom is 0.434 e. The average Bonchev–Trinajstić information content (AvgIpc) is 3.04. The first-order chi connectivity index (χ1) is 12.3.